The molecule has 0 aliphatic rings. The molecule has 0 spiro atoms. The van der Waals surface area contributed by atoms with Crippen LogP contribution in [0.4, 0.5) is 10.5 Å². The average molecular weight is 319 g/mol. The standard InChI is InChI=1S/C15H16N2O4S/c18-15(16-13-7-3-1-4-8-13)17(22(19)20)11-12-21-14-9-5-2-6-10-14/h1-10H,11-12H2,(H,16,18)(H,19,20)/p-1. The highest BCUT2D eigenvalue weighted by Gasteiger charge is 2.14. The number of carbonyl (C=O) groups excluding carboxylic acids is 1. The van der Waals surface area contributed by atoms with Gasteiger partial charge in [-0.15, -0.1) is 0 Å². The summed E-state index contributed by atoms with van der Waals surface area (Å²) in [5, 5.41) is 2.51. The molecular formula is C15H15N2O4S-. The predicted octanol–water partition coefficient (Wildman–Crippen LogP) is 2.39. The number of urea groups is 1. The molecule has 0 bridgehead atoms. The quantitative estimate of drug-likeness (QED) is 0.829. The average Bonchev–Trinajstić information content (AvgIpc) is 2.53. The number of hydrogen-bond acceptors (Lipinski definition) is 4. The third-order valence-electron chi connectivity index (χ3n) is 2.74. The summed E-state index contributed by atoms with van der Waals surface area (Å²) >= 11 is -2.67. The van der Waals surface area contributed by atoms with Crippen LogP contribution in [0.3, 0.4) is 0 Å². The van der Waals surface area contributed by atoms with Crippen LogP contribution in [0.5, 0.6) is 5.75 Å². The molecule has 1 atom stereocenters. The topological polar surface area (TPSA) is 81.7 Å². The van der Waals surface area contributed by atoms with E-state index in [9.17, 15) is 13.6 Å². The number of carbonyl (C=O) groups is 1. The van der Waals surface area contributed by atoms with Crippen LogP contribution >= 0.6 is 0 Å². The van der Waals surface area contributed by atoms with Gasteiger partial charge in [0.1, 0.15) is 12.4 Å². The van der Waals surface area contributed by atoms with Gasteiger partial charge < -0.3 is 14.6 Å². The number of benzene rings is 2. The summed E-state index contributed by atoms with van der Waals surface area (Å²) in [5.74, 6) is 0.614. The highest BCUT2D eigenvalue weighted by atomic mass is 32.2. The second kappa shape index (κ2) is 8.16. The Hall–Kier alpha value is -2.38. The van der Waals surface area contributed by atoms with Crippen molar-refractivity contribution in [1.82, 2.24) is 4.31 Å². The van der Waals surface area contributed by atoms with Crippen LogP contribution in [-0.2, 0) is 11.3 Å². The number of nitrogens with zero attached hydrogens (tertiary/aromatic N) is 1. The first-order valence-electron chi connectivity index (χ1n) is 6.57. The molecule has 0 radical (unpaired) electrons. The molecule has 2 aromatic carbocycles. The number of ether oxygens (including phenoxy) is 1. The van der Waals surface area contributed by atoms with Gasteiger partial charge >= 0.3 is 6.03 Å². The van der Waals surface area contributed by atoms with Crippen molar-refractivity contribution in [3.8, 4) is 5.75 Å². The molecule has 2 amide bonds. The van der Waals surface area contributed by atoms with Crippen LogP contribution in [0.2, 0.25) is 0 Å². The van der Waals surface area contributed by atoms with Crippen LogP contribution in [0, 0.1) is 0 Å². The van der Waals surface area contributed by atoms with Crippen molar-refractivity contribution in [1.29, 1.82) is 0 Å². The predicted molar refractivity (Wildman–Crippen MR) is 83.0 cm³/mol. The highest BCUT2D eigenvalue weighted by molar-refractivity contribution is 7.77. The zero-order valence-electron chi connectivity index (χ0n) is 11.7. The van der Waals surface area contributed by atoms with E-state index in [0.717, 1.165) is 0 Å². The molecule has 0 saturated heterocycles. The number of amides is 2. The molecule has 1 N–H and O–H groups in total. The minimum Gasteiger partial charge on any atom is -0.755 e. The molecule has 0 aliphatic carbocycles. The third kappa shape index (κ3) is 4.87. The molecule has 0 heterocycles. The van der Waals surface area contributed by atoms with Gasteiger partial charge in [-0.2, -0.15) is 0 Å². The minimum absolute atomic E-state index is 0.0696. The Bertz CT molecular complexity index is 622. The summed E-state index contributed by atoms with van der Waals surface area (Å²) in [5.41, 5.74) is 0.520. The maximum Gasteiger partial charge on any atom is 0.332 e. The highest BCUT2D eigenvalue weighted by Crippen LogP contribution is 2.10. The van der Waals surface area contributed by atoms with E-state index >= 15 is 0 Å². The number of rotatable bonds is 6. The molecule has 0 saturated carbocycles. The number of hydrogen-bond donors (Lipinski definition) is 1. The Labute approximate surface area is 131 Å². The smallest absolute Gasteiger partial charge is 0.332 e. The van der Waals surface area contributed by atoms with Crippen molar-refractivity contribution >= 4 is 23.0 Å². The van der Waals surface area contributed by atoms with Crippen LogP contribution in [0.25, 0.3) is 0 Å². The second-order valence-electron chi connectivity index (χ2n) is 4.28. The first-order chi connectivity index (χ1) is 10.7. The van der Waals surface area contributed by atoms with Crippen molar-refractivity contribution < 1.29 is 18.3 Å². The van der Waals surface area contributed by atoms with Crippen molar-refractivity contribution in [3.63, 3.8) is 0 Å². The summed E-state index contributed by atoms with van der Waals surface area (Å²) in [6.45, 7) is -0.0100. The van der Waals surface area contributed by atoms with Gasteiger partial charge in [0.2, 0.25) is 0 Å². The summed E-state index contributed by atoms with van der Waals surface area (Å²) in [6, 6.07) is 16.9. The van der Waals surface area contributed by atoms with E-state index in [1.807, 2.05) is 6.07 Å². The van der Waals surface area contributed by atoms with Gasteiger partial charge in [-0.05, 0) is 24.3 Å². The minimum atomic E-state index is -2.67. The van der Waals surface area contributed by atoms with E-state index in [4.69, 9.17) is 4.74 Å². The fourth-order valence-corrected chi connectivity index (χ4v) is 2.12. The molecule has 6 nitrogen and oxygen atoms in total. The molecule has 116 valence electrons. The molecule has 0 aliphatic heterocycles. The van der Waals surface area contributed by atoms with Crippen LogP contribution in [0.15, 0.2) is 60.7 Å². The summed E-state index contributed by atoms with van der Waals surface area (Å²) in [7, 11) is 0. The Kier molecular flexibility index (Phi) is 5.93. The van der Waals surface area contributed by atoms with Crippen LogP contribution < -0.4 is 10.1 Å². The normalized spacial score (nSPS) is 11.5. The van der Waals surface area contributed by atoms with Gasteiger partial charge in [0.25, 0.3) is 0 Å². The van der Waals surface area contributed by atoms with Gasteiger partial charge in [0.05, 0.1) is 17.8 Å². The van der Waals surface area contributed by atoms with E-state index in [2.05, 4.69) is 5.32 Å². The summed E-state index contributed by atoms with van der Waals surface area (Å²) in [4.78, 5) is 12.0. The van der Waals surface area contributed by atoms with E-state index in [-0.39, 0.29) is 13.2 Å². The fourth-order valence-electron chi connectivity index (χ4n) is 1.71. The van der Waals surface area contributed by atoms with Crippen molar-refractivity contribution in [2.24, 2.45) is 0 Å². The fraction of sp³-hybridized carbons (Fsp3) is 0.133. The van der Waals surface area contributed by atoms with Crippen molar-refractivity contribution in [2.45, 2.75) is 0 Å². The Balaban J connectivity index is 1.89. The maximum absolute atomic E-state index is 12.0. The first-order valence-corrected chi connectivity index (χ1v) is 7.61. The van der Waals surface area contributed by atoms with E-state index < -0.39 is 17.3 Å². The number of para-hydroxylation sites is 2. The number of nitrogens with one attached hydrogen (secondary N) is 1. The Morgan fingerprint density at radius 1 is 1.09 bits per heavy atom. The van der Waals surface area contributed by atoms with Crippen LogP contribution in [0.1, 0.15) is 0 Å². The van der Waals surface area contributed by atoms with Crippen molar-refractivity contribution in [2.75, 3.05) is 18.5 Å². The monoisotopic (exact) mass is 319 g/mol. The zero-order valence-corrected chi connectivity index (χ0v) is 12.5. The maximum atomic E-state index is 12.0. The summed E-state index contributed by atoms with van der Waals surface area (Å²) in [6.07, 6.45) is 0. The zero-order chi connectivity index (χ0) is 15.8. The molecule has 0 aromatic heterocycles. The molecule has 1 unspecified atom stereocenters. The molecule has 7 heteroatoms. The second-order valence-corrected chi connectivity index (χ2v) is 5.15. The molecule has 0 fully saturated rings. The molecular weight excluding hydrogens is 304 g/mol. The lowest BCUT2D eigenvalue weighted by atomic mass is 10.3. The van der Waals surface area contributed by atoms with Crippen molar-refractivity contribution in [3.05, 3.63) is 60.7 Å². The van der Waals surface area contributed by atoms with E-state index in [1.165, 1.54) is 0 Å². The van der Waals surface area contributed by atoms with E-state index in [0.29, 0.717) is 15.7 Å². The van der Waals surface area contributed by atoms with Gasteiger partial charge in [0.15, 0.2) is 0 Å². The Morgan fingerprint density at radius 3 is 2.27 bits per heavy atom. The SMILES string of the molecule is O=C(Nc1ccccc1)N(CCOc1ccccc1)S(=O)[O-]. The third-order valence-corrected chi connectivity index (χ3v) is 3.45. The van der Waals surface area contributed by atoms with Gasteiger partial charge in [-0.1, -0.05) is 36.4 Å². The lowest BCUT2D eigenvalue weighted by Gasteiger charge is -2.24. The van der Waals surface area contributed by atoms with Gasteiger partial charge in [-0.25, -0.2) is 4.79 Å². The molecule has 2 rings (SSSR count). The van der Waals surface area contributed by atoms with E-state index in [1.54, 1.807) is 54.6 Å². The Morgan fingerprint density at radius 2 is 1.68 bits per heavy atom. The van der Waals surface area contributed by atoms with Gasteiger partial charge in [0, 0.05) is 5.69 Å². The number of anilines is 1. The van der Waals surface area contributed by atoms with Crippen LogP contribution in [-0.4, -0.2) is 32.2 Å². The molecule has 22 heavy (non-hydrogen) atoms. The van der Waals surface area contributed by atoms with Gasteiger partial charge in [-0.3, -0.25) is 8.51 Å². The lowest BCUT2D eigenvalue weighted by Crippen LogP contribution is -2.39. The first kappa shape index (κ1) is 16.0. The summed E-state index contributed by atoms with van der Waals surface area (Å²) < 4.78 is 28.4. The molecule has 2 aromatic rings. The lowest BCUT2D eigenvalue weighted by molar-refractivity contribution is 0.223. The largest absolute Gasteiger partial charge is 0.755 e.